The largest absolute Gasteiger partial charge is 0.366 e. The first-order chi connectivity index (χ1) is 15.0. The van der Waals surface area contributed by atoms with Gasteiger partial charge in [-0.25, -0.2) is 8.42 Å². The van der Waals surface area contributed by atoms with Gasteiger partial charge in [-0.1, -0.05) is 24.3 Å². The van der Waals surface area contributed by atoms with Crippen LogP contribution < -0.4 is 15.4 Å². The molecule has 0 saturated heterocycles. The fourth-order valence-corrected chi connectivity index (χ4v) is 4.25. The van der Waals surface area contributed by atoms with Crippen molar-refractivity contribution < 1.29 is 18.0 Å². The molecule has 0 heterocycles. The second-order valence-corrected chi connectivity index (χ2v) is 9.62. The van der Waals surface area contributed by atoms with Crippen LogP contribution in [0.4, 0.5) is 11.4 Å². The monoisotopic (exact) mass is 451 g/mol. The molecule has 0 radical (unpaired) electrons. The lowest BCUT2D eigenvalue weighted by molar-refractivity contribution is 0.0996. The lowest BCUT2D eigenvalue weighted by Crippen LogP contribution is -2.29. The van der Waals surface area contributed by atoms with Gasteiger partial charge in [0.15, 0.2) is 0 Å². The summed E-state index contributed by atoms with van der Waals surface area (Å²) in [6.07, 6.45) is 1.17. The molecular formula is C24H25N3O4S. The molecule has 0 spiro atoms. The lowest BCUT2D eigenvalue weighted by Gasteiger charge is -2.23. The molecule has 0 atom stereocenters. The number of rotatable bonds is 7. The van der Waals surface area contributed by atoms with Crippen molar-refractivity contribution in [1.29, 1.82) is 0 Å². The van der Waals surface area contributed by atoms with Crippen molar-refractivity contribution in [2.75, 3.05) is 15.9 Å². The summed E-state index contributed by atoms with van der Waals surface area (Å²) in [6.45, 7) is 3.98. The summed E-state index contributed by atoms with van der Waals surface area (Å²) in [5, 5.41) is 2.72. The Morgan fingerprint density at radius 1 is 0.906 bits per heavy atom. The summed E-state index contributed by atoms with van der Waals surface area (Å²) in [5.41, 5.74) is 9.70. The molecule has 0 fully saturated rings. The molecule has 3 aromatic rings. The third-order valence-electron chi connectivity index (χ3n) is 4.84. The number of nitrogens with two attached hydrogens (primary N) is 1. The normalized spacial score (nSPS) is 11.1. The van der Waals surface area contributed by atoms with Crippen molar-refractivity contribution in [3.63, 3.8) is 0 Å². The van der Waals surface area contributed by atoms with Gasteiger partial charge in [0.1, 0.15) is 0 Å². The van der Waals surface area contributed by atoms with Crippen LogP contribution in [0.3, 0.4) is 0 Å². The molecule has 0 unspecified atom stereocenters. The first-order valence-corrected chi connectivity index (χ1v) is 11.7. The molecule has 7 nitrogen and oxygen atoms in total. The molecule has 0 aliphatic rings. The van der Waals surface area contributed by atoms with Crippen LogP contribution in [0.2, 0.25) is 0 Å². The lowest BCUT2D eigenvalue weighted by atomic mass is 10.1. The molecule has 166 valence electrons. The maximum Gasteiger partial charge on any atom is 0.255 e. The molecule has 0 aromatic heterocycles. The number of aryl methyl sites for hydroxylation is 2. The van der Waals surface area contributed by atoms with Gasteiger partial charge in [0, 0.05) is 16.8 Å². The van der Waals surface area contributed by atoms with E-state index in [1.165, 1.54) is 16.6 Å². The molecule has 3 N–H and O–H groups in total. The van der Waals surface area contributed by atoms with Gasteiger partial charge in [-0.3, -0.25) is 13.9 Å². The predicted molar refractivity (Wildman–Crippen MR) is 126 cm³/mol. The zero-order valence-corrected chi connectivity index (χ0v) is 18.9. The van der Waals surface area contributed by atoms with Crippen LogP contribution in [0.25, 0.3) is 0 Å². The van der Waals surface area contributed by atoms with Crippen molar-refractivity contribution in [3.8, 4) is 0 Å². The van der Waals surface area contributed by atoms with Gasteiger partial charge in [0.2, 0.25) is 15.9 Å². The van der Waals surface area contributed by atoms with Gasteiger partial charge in [0.25, 0.3) is 5.91 Å². The highest BCUT2D eigenvalue weighted by Crippen LogP contribution is 2.24. The fraction of sp³-hybridized carbons (Fsp3) is 0.167. The van der Waals surface area contributed by atoms with E-state index in [-0.39, 0.29) is 12.5 Å². The minimum Gasteiger partial charge on any atom is -0.366 e. The molecular weight excluding hydrogens is 426 g/mol. The third kappa shape index (κ3) is 5.73. The van der Waals surface area contributed by atoms with Crippen LogP contribution in [0.5, 0.6) is 0 Å². The summed E-state index contributed by atoms with van der Waals surface area (Å²) in [6, 6.07) is 18.7. The summed E-state index contributed by atoms with van der Waals surface area (Å²) in [7, 11) is -3.51. The topological polar surface area (TPSA) is 110 Å². The number of benzene rings is 3. The number of sulfonamides is 1. The number of hydrogen-bond donors (Lipinski definition) is 2. The molecule has 32 heavy (non-hydrogen) atoms. The van der Waals surface area contributed by atoms with E-state index in [4.69, 9.17) is 5.73 Å². The van der Waals surface area contributed by atoms with E-state index in [2.05, 4.69) is 5.32 Å². The predicted octanol–water partition coefficient (Wildman–Crippen LogP) is 3.62. The molecule has 3 aromatic carbocycles. The Balaban J connectivity index is 1.78. The summed E-state index contributed by atoms with van der Waals surface area (Å²) >= 11 is 0. The smallest absolute Gasteiger partial charge is 0.255 e. The number of amides is 2. The number of carbonyl (C=O) groups is 2. The number of hydrogen-bond acceptors (Lipinski definition) is 4. The zero-order chi connectivity index (χ0) is 23.5. The Kier molecular flexibility index (Phi) is 6.64. The van der Waals surface area contributed by atoms with Gasteiger partial charge in [-0.2, -0.15) is 0 Å². The molecule has 0 aliphatic carbocycles. The minimum atomic E-state index is -3.51. The highest BCUT2D eigenvalue weighted by atomic mass is 32.2. The molecule has 0 bridgehead atoms. The van der Waals surface area contributed by atoms with Gasteiger partial charge < -0.3 is 11.1 Å². The van der Waals surface area contributed by atoms with Gasteiger partial charge in [-0.15, -0.1) is 0 Å². The maximum atomic E-state index is 12.6. The number of primary amides is 1. The molecule has 0 aliphatic heterocycles. The Morgan fingerprint density at radius 3 is 2.09 bits per heavy atom. The van der Waals surface area contributed by atoms with E-state index in [0.29, 0.717) is 22.5 Å². The first kappa shape index (κ1) is 23.0. The minimum absolute atomic E-state index is 0.143. The molecule has 8 heteroatoms. The van der Waals surface area contributed by atoms with Gasteiger partial charge in [0.05, 0.1) is 18.5 Å². The average molecular weight is 452 g/mol. The Morgan fingerprint density at radius 2 is 1.53 bits per heavy atom. The van der Waals surface area contributed by atoms with Gasteiger partial charge in [-0.05, 0) is 73.0 Å². The Hall–Kier alpha value is -3.65. The number of anilines is 2. The van der Waals surface area contributed by atoms with Crippen molar-refractivity contribution in [2.45, 2.75) is 20.4 Å². The van der Waals surface area contributed by atoms with Crippen LogP contribution in [-0.4, -0.2) is 26.5 Å². The average Bonchev–Trinajstić information content (AvgIpc) is 2.71. The van der Waals surface area contributed by atoms with Crippen LogP contribution in [0, 0.1) is 13.8 Å². The Bertz CT molecular complexity index is 1250. The van der Waals surface area contributed by atoms with Crippen molar-refractivity contribution in [2.24, 2.45) is 5.73 Å². The van der Waals surface area contributed by atoms with E-state index in [1.807, 2.05) is 32.0 Å². The van der Waals surface area contributed by atoms with Crippen molar-refractivity contribution >= 4 is 33.2 Å². The quantitative estimate of drug-likeness (QED) is 0.572. The van der Waals surface area contributed by atoms with Crippen LogP contribution in [0.1, 0.15) is 37.4 Å². The van der Waals surface area contributed by atoms with E-state index in [1.54, 1.807) is 42.5 Å². The van der Waals surface area contributed by atoms with Crippen LogP contribution in [-0.2, 0) is 16.6 Å². The molecule has 3 rings (SSSR count). The summed E-state index contributed by atoms with van der Waals surface area (Å²) < 4.78 is 26.2. The van der Waals surface area contributed by atoms with E-state index >= 15 is 0 Å². The summed E-state index contributed by atoms with van der Waals surface area (Å²) in [5.74, 6) is -0.933. The Labute approximate surface area is 187 Å². The van der Waals surface area contributed by atoms with E-state index < -0.39 is 15.9 Å². The maximum absolute atomic E-state index is 12.6. The number of carbonyl (C=O) groups excluding carboxylic acids is 2. The zero-order valence-electron chi connectivity index (χ0n) is 18.1. The molecule has 2 amide bonds. The highest BCUT2D eigenvalue weighted by Gasteiger charge is 2.19. The summed E-state index contributed by atoms with van der Waals surface area (Å²) in [4.78, 5) is 23.9. The second kappa shape index (κ2) is 9.23. The second-order valence-electron chi connectivity index (χ2n) is 7.71. The fourth-order valence-electron chi connectivity index (χ4n) is 3.38. The third-order valence-corrected chi connectivity index (χ3v) is 5.98. The van der Waals surface area contributed by atoms with Crippen LogP contribution in [0.15, 0.2) is 66.7 Å². The molecule has 0 saturated carbocycles. The van der Waals surface area contributed by atoms with E-state index in [9.17, 15) is 18.0 Å². The SMILES string of the molecule is Cc1cc(C)cc(N(Cc2ccc(C(=O)Nc3cccc(C(N)=O)c3)cc2)S(C)(=O)=O)c1. The number of nitrogens with one attached hydrogen (secondary N) is 1. The van der Waals surface area contributed by atoms with Crippen molar-refractivity contribution in [3.05, 3.63) is 94.5 Å². The van der Waals surface area contributed by atoms with E-state index in [0.717, 1.165) is 16.7 Å². The number of nitrogens with zero attached hydrogens (tertiary/aromatic N) is 1. The van der Waals surface area contributed by atoms with Gasteiger partial charge >= 0.3 is 0 Å². The standard InChI is InChI=1S/C24H25N3O4S/c1-16-11-17(2)13-22(12-16)27(32(3,30)31)15-18-7-9-19(10-8-18)24(29)26-21-6-4-5-20(14-21)23(25)28/h4-14H,15H2,1-3H3,(H2,25,28)(H,26,29). The van der Waals surface area contributed by atoms with Crippen LogP contribution >= 0.6 is 0 Å². The van der Waals surface area contributed by atoms with Crippen molar-refractivity contribution in [1.82, 2.24) is 0 Å². The first-order valence-electron chi connectivity index (χ1n) is 9.89. The highest BCUT2D eigenvalue weighted by molar-refractivity contribution is 7.92.